The number of halogens is 2. The van der Waals surface area contributed by atoms with E-state index in [9.17, 15) is 9.59 Å². The lowest BCUT2D eigenvalue weighted by Crippen LogP contribution is -2.19. The number of amides is 1. The van der Waals surface area contributed by atoms with Gasteiger partial charge < -0.3 is 10.1 Å². The summed E-state index contributed by atoms with van der Waals surface area (Å²) in [4.78, 5) is 26.5. The van der Waals surface area contributed by atoms with Gasteiger partial charge in [0.1, 0.15) is 9.60 Å². The predicted octanol–water partition coefficient (Wildman–Crippen LogP) is 5.08. The molecular weight excluding hydrogens is 486 g/mol. The van der Waals surface area contributed by atoms with Crippen molar-refractivity contribution in [1.82, 2.24) is 10.2 Å². The fraction of sp³-hybridized carbons (Fsp3) is 0.471. The number of carbonyl (C=O) groups excluding carboxylic acids is 2. The van der Waals surface area contributed by atoms with Crippen LogP contribution in [0.5, 0.6) is 0 Å². The second-order valence-electron chi connectivity index (χ2n) is 6.19. The highest BCUT2D eigenvalue weighted by atomic mass is 79.9. The van der Waals surface area contributed by atoms with Crippen molar-refractivity contribution in [2.24, 2.45) is 0 Å². The summed E-state index contributed by atoms with van der Waals surface area (Å²) in [6, 6.07) is 0. The Balaban J connectivity index is 1.93. The van der Waals surface area contributed by atoms with Crippen LogP contribution in [0.3, 0.4) is 0 Å². The van der Waals surface area contributed by atoms with Crippen LogP contribution < -0.4 is 5.32 Å². The zero-order valence-electron chi connectivity index (χ0n) is 14.4. The number of esters is 1. The van der Waals surface area contributed by atoms with Crippen molar-refractivity contribution in [3.8, 4) is 0 Å². The Hall–Kier alpha value is -1.19. The number of carbonyl (C=O) groups is 2. The number of aromatic nitrogens is 2. The maximum atomic E-state index is 12.8. The zero-order valence-corrected chi connectivity index (χ0v) is 18.4. The Kier molecular flexibility index (Phi) is 6.19. The first kappa shape index (κ1) is 19.6. The van der Waals surface area contributed by atoms with Crippen LogP contribution in [0.25, 0.3) is 0 Å². The molecule has 26 heavy (non-hydrogen) atoms. The van der Waals surface area contributed by atoms with Crippen molar-refractivity contribution in [1.29, 1.82) is 0 Å². The standard InChI is InChI=1S/C17H19Br2N3O3S/c1-3-8(2)25-17(24)11-9-6-4-5-7-10(9)26-16(11)20-15(23)13-12(18)14(19)22-21-13/h8H,3-7H2,1-2H3,(H,20,23)(H,21,22). The molecule has 0 saturated carbocycles. The number of aryl methyl sites for hydroxylation is 1. The van der Waals surface area contributed by atoms with E-state index in [4.69, 9.17) is 4.74 Å². The van der Waals surface area contributed by atoms with E-state index in [2.05, 4.69) is 47.4 Å². The van der Waals surface area contributed by atoms with Crippen molar-refractivity contribution in [2.75, 3.05) is 5.32 Å². The molecule has 140 valence electrons. The minimum Gasteiger partial charge on any atom is -0.459 e. The number of thiophene rings is 1. The van der Waals surface area contributed by atoms with E-state index in [0.29, 0.717) is 19.6 Å². The highest BCUT2D eigenvalue weighted by Crippen LogP contribution is 2.39. The van der Waals surface area contributed by atoms with Crippen LogP contribution in [0.4, 0.5) is 5.00 Å². The number of H-pyrrole nitrogens is 1. The Morgan fingerprint density at radius 3 is 2.73 bits per heavy atom. The molecule has 0 saturated heterocycles. The molecule has 9 heteroatoms. The van der Waals surface area contributed by atoms with E-state index >= 15 is 0 Å². The number of ether oxygens (including phenoxy) is 1. The molecule has 2 N–H and O–H groups in total. The molecule has 1 aliphatic carbocycles. The maximum Gasteiger partial charge on any atom is 0.341 e. The van der Waals surface area contributed by atoms with Crippen LogP contribution in [0.1, 0.15) is 64.4 Å². The van der Waals surface area contributed by atoms with Crippen LogP contribution in [0.15, 0.2) is 9.08 Å². The summed E-state index contributed by atoms with van der Waals surface area (Å²) in [7, 11) is 0. The molecule has 3 rings (SSSR count). The first-order chi connectivity index (χ1) is 12.4. The summed E-state index contributed by atoms with van der Waals surface area (Å²) in [5.41, 5.74) is 1.75. The van der Waals surface area contributed by atoms with Gasteiger partial charge in [-0.1, -0.05) is 6.92 Å². The largest absolute Gasteiger partial charge is 0.459 e. The molecule has 0 bridgehead atoms. The molecule has 0 aliphatic heterocycles. The van der Waals surface area contributed by atoms with Crippen molar-refractivity contribution >= 4 is 60.1 Å². The van der Waals surface area contributed by atoms with E-state index in [0.717, 1.165) is 42.5 Å². The first-order valence-corrected chi connectivity index (χ1v) is 10.9. The molecular formula is C17H19Br2N3O3S. The highest BCUT2D eigenvalue weighted by Gasteiger charge is 2.29. The fourth-order valence-electron chi connectivity index (χ4n) is 2.81. The van der Waals surface area contributed by atoms with Crippen molar-refractivity contribution in [3.05, 3.63) is 30.8 Å². The smallest absolute Gasteiger partial charge is 0.341 e. The lowest BCUT2D eigenvalue weighted by atomic mass is 9.95. The monoisotopic (exact) mass is 503 g/mol. The van der Waals surface area contributed by atoms with Crippen LogP contribution >= 0.6 is 43.2 Å². The van der Waals surface area contributed by atoms with Gasteiger partial charge in [-0.3, -0.25) is 9.89 Å². The van der Waals surface area contributed by atoms with Crippen LogP contribution in [-0.4, -0.2) is 28.2 Å². The Bertz CT molecular complexity index is 847. The van der Waals surface area contributed by atoms with Gasteiger partial charge in [0.25, 0.3) is 5.91 Å². The van der Waals surface area contributed by atoms with Gasteiger partial charge in [-0.05, 0) is 76.5 Å². The van der Waals surface area contributed by atoms with Crippen molar-refractivity contribution in [3.63, 3.8) is 0 Å². The second-order valence-corrected chi connectivity index (χ2v) is 8.88. The molecule has 0 fully saturated rings. The molecule has 1 unspecified atom stereocenters. The summed E-state index contributed by atoms with van der Waals surface area (Å²) in [6.45, 7) is 3.84. The predicted molar refractivity (Wildman–Crippen MR) is 108 cm³/mol. The van der Waals surface area contributed by atoms with Gasteiger partial charge in [0.2, 0.25) is 0 Å². The molecule has 0 radical (unpaired) electrons. The third kappa shape index (κ3) is 3.89. The number of hydrogen-bond donors (Lipinski definition) is 2. The quantitative estimate of drug-likeness (QED) is 0.556. The lowest BCUT2D eigenvalue weighted by Gasteiger charge is -2.15. The van der Waals surface area contributed by atoms with Gasteiger partial charge in [0.15, 0.2) is 5.69 Å². The normalized spacial score (nSPS) is 14.6. The molecule has 1 atom stereocenters. The van der Waals surface area contributed by atoms with E-state index in [1.54, 1.807) is 0 Å². The number of fused-ring (bicyclic) bond motifs is 1. The fourth-order valence-corrected chi connectivity index (χ4v) is 4.72. The minimum atomic E-state index is -0.380. The molecule has 1 aliphatic rings. The molecule has 2 aromatic rings. The molecule has 1 amide bonds. The van der Waals surface area contributed by atoms with E-state index in [1.807, 2.05) is 13.8 Å². The van der Waals surface area contributed by atoms with Crippen LogP contribution in [0, 0.1) is 0 Å². The van der Waals surface area contributed by atoms with Gasteiger partial charge in [-0.15, -0.1) is 11.3 Å². The number of rotatable bonds is 5. The molecule has 2 heterocycles. The van der Waals surface area contributed by atoms with Gasteiger partial charge >= 0.3 is 5.97 Å². The highest BCUT2D eigenvalue weighted by molar-refractivity contribution is 9.13. The summed E-state index contributed by atoms with van der Waals surface area (Å²) < 4.78 is 6.67. The SMILES string of the molecule is CCC(C)OC(=O)c1c(NC(=O)c2n[nH]c(Br)c2Br)sc2c1CCCC2. The van der Waals surface area contributed by atoms with Gasteiger partial charge in [0.05, 0.1) is 16.1 Å². The third-order valence-corrected chi connectivity index (χ3v) is 7.45. The summed E-state index contributed by atoms with van der Waals surface area (Å²) in [6.07, 6.45) is 4.48. The number of anilines is 1. The van der Waals surface area contributed by atoms with E-state index < -0.39 is 0 Å². The topological polar surface area (TPSA) is 84.1 Å². The number of aromatic amines is 1. The minimum absolute atomic E-state index is 0.165. The average molecular weight is 505 g/mol. The van der Waals surface area contributed by atoms with E-state index in [1.165, 1.54) is 11.3 Å². The first-order valence-electron chi connectivity index (χ1n) is 8.48. The van der Waals surface area contributed by atoms with Crippen LogP contribution in [0.2, 0.25) is 0 Å². The molecule has 2 aromatic heterocycles. The van der Waals surface area contributed by atoms with Crippen molar-refractivity contribution < 1.29 is 14.3 Å². The summed E-state index contributed by atoms with van der Waals surface area (Å²) >= 11 is 8.06. The molecule has 0 spiro atoms. The maximum absolute atomic E-state index is 12.8. The number of hydrogen-bond acceptors (Lipinski definition) is 5. The summed E-state index contributed by atoms with van der Waals surface area (Å²) in [5, 5.41) is 10.1. The third-order valence-electron chi connectivity index (χ3n) is 4.37. The Morgan fingerprint density at radius 2 is 2.08 bits per heavy atom. The van der Waals surface area contributed by atoms with Gasteiger partial charge in [-0.2, -0.15) is 5.10 Å². The zero-order chi connectivity index (χ0) is 18.8. The lowest BCUT2D eigenvalue weighted by molar-refractivity contribution is 0.0335. The Labute approximate surface area is 172 Å². The molecule has 6 nitrogen and oxygen atoms in total. The van der Waals surface area contributed by atoms with Gasteiger partial charge in [0, 0.05) is 4.88 Å². The molecule has 0 aromatic carbocycles. The van der Waals surface area contributed by atoms with E-state index in [-0.39, 0.29) is 23.7 Å². The van der Waals surface area contributed by atoms with Crippen LogP contribution in [-0.2, 0) is 17.6 Å². The van der Waals surface area contributed by atoms with Crippen molar-refractivity contribution in [2.45, 2.75) is 52.1 Å². The average Bonchev–Trinajstić information content (AvgIpc) is 3.14. The number of nitrogens with zero attached hydrogens (tertiary/aromatic N) is 1. The second kappa shape index (κ2) is 8.22. The summed E-state index contributed by atoms with van der Waals surface area (Å²) in [5.74, 6) is -0.744. The Morgan fingerprint density at radius 1 is 1.35 bits per heavy atom. The van der Waals surface area contributed by atoms with Gasteiger partial charge in [-0.25, -0.2) is 4.79 Å². The number of nitrogens with one attached hydrogen (secondary N) is 2.